The van der Waals surface area contributed by atoms with E-state index in [0.717, 1.165) is 0 Å². The molecule has 1 aromatic rings. The third-order valence-corrected chi connectivity index (χ3v) is 3.09. The van der Waals surface area contributed by atoms with Crippen molar-refractivity contribution in [2.75, 3.05) is 5.75 Å². The van der Waals surface area contributed by atoms with E-state index in [1.54, 1.807) is 6.92 Å². The van der Waals surface area contributed by atoms with Crippen molar-refractivity contribution >= 4 is 25.7 Å². The molecular formula is C11H15BFNO3S. The second-order valence-electron chi connectivity index (χ2n) is 4.04. The molecular weight excluding hydrogens is 256 g/mol. The first kappa shape index (κ1) is 15.0. The Bertz CT molecular complexity index is 402. The van der Waals surface area contributed by atoms with Crippen LogP contribution in [0.2, 0.25) is 0 Å². The monoisotopic (exact) mass is 271 g/mol. The van der Waals surface area contributed by atoms with E-state index in [1.165, 1.54) is 24.3 Å². The number of hydrogen-bond donors (Lipinski definition) is 4. The largest absolute Gasteiger partial charge is 0.480 e. The van der Waals surface area contributed by atoms with E-state index in [-0.39, 0.29) is 11.8 Å². The molecule has 3 N–H and O–H groups in total. The third kappa shape index (κ3) is 4.01. The lowest BCUT2D eigenvalue weighted by molar-refractivity contribution is -0.124. The first-order chi connectivity index (χ1) is 8.45. The summed E-state index contributed by atoms with van der Waals surface area (Å²) in [5, 5.41) is 21.0. The van der Waals surface area contributed by atoms with Gasteiger partial charge in [-0.3, -0.25) is 4.79 Å². The summed E-state index contributed by atoms with van der Waals surface area (Å²) in [4.78, 5) is 11.7. The Labute approximate surface area is 111 Å². The molecule has 4 nitrogen and oxygen atoms in total. The summed E-state index contributed by atoms with van der Waals surface area (Å²) in [7, 11) is -1.76. The lowest BCUT2D eigenvalue weighted by Gasteiger charge is -2.20. The highest BCUT2D eigenvalue weighted by atomic mass is 32.1. The predicted octanol–water partition coefficient (Wildman–Crippen LogP) is 0.561. The van der Waals surface area contributed by atoms with Crippen LogP contribution in [0.25, 0.3) is 0 Å². The van der Waals surface area contributed by atoms with E-state index in [9.17, 15) is 19.2 Å². The SMILES string of the molecule is C[C@H](CS)C(=O)N[C@H](B(O)O)c1ccc(F)cc1. The van der Waals surface area contributed by atoms with Crippen molar-refractivity contribution in [3.8, 4) is 0 Å². The summed E-state index contributed by atoms with van der Waals surface area (Å²) < 4.78 is 12.8. The van der Waals surface area contributed by atoms with E-state index in [0.29, 0.717) is 11.3 Å². The Kier molecular flexibility index (Phi) is 5.65. The summed E-state index contributed by atoms with van der Waals surface area (Å²) in [5.41, 5.74) is 0.422. The molecule has 1 amide bonds. The number of benzene rings is 1. The molecule has 0 heterocycles. The van der Waals surface area contributed by atoms with Crippen molar-refractivity contribution in [3.05, 3.63) is 35.6 Å². The molecule has 0 radical (unpaired) electrons. The highest BCUT2D eigenvalue weighted by Crippen LogP contribution is 2.15. The summed E-state index contributed by atoms with van der Waals surface area (Å²) in [6.45, 7) is 1.67. The Balaban J connectivity index is 2.83. The molecule has 98 valence electrons. The van der Waals surface area contributed by atoms with Gasteiger partial charge in [-0.2, -0.15) is 12.6 Å². The second kappa shape index (κ2) is 6.77. The van der Waals surface area contributed by atoms with Gasteiger partial charge in [-0.05, 0) is 17.7 Å². The van der Waals surface area contributed by atoms with Gasteiger partial charge in [0.2, 0.25) is 5.91 Å². The topological polar surface area (TPSA) is 69.6 Å². The Morgan fingerprint density at radius 3 is 2.44 bits per heavy atom. The van der Waals surface area contributed by atoms with Crippen LogP contribution in [-0.2, 0) is 4.79 Å². The van der Waals surface area contributed by atoms with E-state index in [2.05, 4.69) is 17.9 Å². The first-order valence-electron chi connectivity index (χ1n) is 5.48. The number of carbonyl (C=O) groups excluding carboxylic acids is 1. The van der Waals surface area contributed by atoms with Gasteiger partial charge in [0.1, 0.15) is 5.82 Å². The molecule has 0 aliphatic carbocycles. The lowest BCUT2D eigenvalue weighted by atomic mass is 9.75. The molecule has 0 spiro atoms. The maximum Gasteiger partial charge on any atom is 0.480 e. The minimum atomic E-state index is -1.76. The quantitative estimate of drug-likeness (QED) is 0.467. The Morgan fingerprint density at radius 1 is 1.44 bits per heavy atom. The average molecular weight is 271 g/mol. The van der Waals surface area contributed by atoms with E-state index < -0.39 is 18.9 Å². The molecule has 18 heavy (non-hydrogen) atoms. The van der Waals surface area contributed by atoms with E-state index in [1.807, 2.05) is 0 Å². The summed E-state index contributed by atoms with van der Waals surface area (Å²) in [6, 6.07) is 5.17. The maximum absolute atomic E-state index is 12.8. The lowest BCUT2D eigenvalue weighted by Crippen LogP contribution is -2.41. The van der Waals surface area contributed by atoms with Crippen LogP contribution in [0.1, 0.15) is 18.4 Å². The zero-order valence-electron chi connectivity index (χ0n) is 9.88. The van der Waals surface area contributed by atoms with Crippen molar-refractivity contribution in [1.29, 1.82) is 0 Å². The number of thiol groups is 1. The molecule has 0 unspecified atom stereocenters. The molecule has 0 bridgehead atoms. The second-order valence-corrected chi connectivity index (χ2v) is 4.40. The van der Waals surface area contributed by atoms with Gasteiger partial charge >= 0.3 is 7.12 Å². The van der Waals surface area contributed by atoms with E-state index in [4.69, 9.17) is 0 Å². The molecule has 7 heteroatoms. The standard InChI is InChI=1S/C11H15BFNO3S/c1-7(6-18)11(15)14-10(12(16)17)8-2-4-9(13)5-3-8/h2-5,7,10,16-18H,6H2,1H3,(H,14,15)/t7-,10+/m1/s1. The molecule has 0 saturated carbocycles. The normalized spacial score (nSPS) is 13.8. The van der Waals surface area contributed by atoms with Gasteiger partial charge in [-0.1, -0.05) is 19.1 Å². The van der Waals surface area contributed by atoms with Crippen molar-refractivity contribution < 1.29 is 19.2 Å². The minimum Gasteiger partial charge on any atom is -0.426 e. The maximum atomic E-state index is 12.8. The Morgan fingerprint density at radius 2 is 2.00 bits per heavy atom. The highest BCUT2D eigenvalue weighted by molar-refractivity contribution is 7.80. The molecule has 2 atom stereocenters. The predicted molar refractivity (Wildman–Crippen MR) is 70.5 cm³/mol. The number of amides is 1. The van der Waals surface area contributed by atoms with Crippen LogP contribution in [0.5, 0.6) is 0 Å². The number of halogens is 1. The third-order valence-electron chi connectivity index (χ3n) is 2.55. The van der Waals surface area contributed by atoms with Gasteiger partial charge in [0.05, 0.1) is 5.94 Å². The molecule has 0 fully saturated rings. The van der Waals surface area contributed by atoms with Crippen LogP contribution in [-0.4, -0.2) is 28.8 Å². The summed E-state index contributed by atoms with van der Waals surface area (Å²) in [6.07, 6.45) is 0. The van der Waals surface area contributed by atoms with Crippen molar-refractivity contribution in [2.45, 2.75) is 12.9 Å². The molecule has 0 aromatic heterocycles. The van der Waals surface area contributed by atoms with Gasteiger partial charge in [0.15, 0.2) is 0 Å². The van der Waals surface area contributed by atoms with Gasteiger partial charge < -0.3 is 15.4 Å². The van der Waals surface area contributed by atoms with Crippen LogP contribution < -0.4 is 5.32 Å². The summed E-state index contributed by atoms with van der Waals surface area (Å²) in [5.74, 6) is -1.76. The number of rotatable bonds is 5. The zero-order chi connectivity index (χ0) is 13.7. The van der Waals surface area contributed by atoms with Crippen LogP contribution in [0.4, 0.5) is 4.39 Å². The van der Waals surface area contributed by atoms with Gasteiger partial charge in [-0.25, -0.2) is 4.39 Å². The fourth-order valence-electron chi connectivity index (χ4n) is 1.38. The molecule has 1 rings (SSSR count). The number of carbonyl (C=O) groups is 1. The fraction of sp³-hybridized carbons (Fsp3) is 0.364. The van der Waals surface area contributed by atoms with Crippen molar-refractivity contribution in [1.82, 2.24) is 5.32 Å². The van der Waals surface area contributed by atoms with Crippen LogP contribution in [0, 0.1) is 11.7 Å². The van der Waals surface area contributed by atoms with Crippen LogP contribution in [0.3, 0.4) is 0 Å². The fourth-order valence-corrected chi connectivity index (χ4v) is 1.54. The van der Waals surface area contributed by atoms with Crippen LogP contribution in [0.15, 0.2) is 24.3 Å². The van der Waals surface area contributed by atoms with E-state index >= 15 is 0 Å². The smallest absolute Gasteiger partial charge is 0.426 e. The number of hydrogen-bond acceptors (Lipinski definition) is 4. The number of nitrogens with one attached hydrogen (secondary N) is 1. The van der Waals surface area contributed by atoms with Crippen LogP contribution >= 0.6 is 12.6 Å². The minimum absolute atomic E-state index is 0.340. The van der Waals surface area contributed by atoms with Crippen molar-refractivity contribution in [3.63, 3.8) is 0 Å². The Hall–Kier alpha value is -1.05. The van der Waals surface area contributed by atoms with Gasteiger partial charge in [0, 0.05) is 11.7 Å². The van der Waals surface area contributed by atoms with Gasteiger partial charge in [0.25, 0.3) is 0 Å². The zero-order valence-corrected chi connectivity index (χ0v) is 10.8. The van der Waals surface area contributed by atoms with Gasteiger partial charge in [-0.15, -0.1) is 0 Å². The summed E-state index contributed by atoms with van der Waals surface area (Å²) >= 11 is 3.99. The molecule has 1 aromatic carbocycles. The molecule has 0 aliphatic rings. The first-order valence-corrected chi connectivity index (χ1v) is 6.11. The molecule has 0 aliphatic heterocycles. The average Bonchev–Trinajstić information content (AvgIpc) is 2.35. The molecule has 0 saturated heterocycles. The van der Waals surface area contributed by atoms with Crippen molar-refractivity contribution in [2.24, 2.45) is 5.92 Å². The highest BCUT2D eigenvalue weighted by Gasteiger charge is 2.28.